The zero-order valence-corrected chi connectivity index (χ0v) is 11.2. The highest BCUT2D eigenvalue weighted by Crippen LogP contribution is 2.36. The molecule has 0 radical (unpaired) electrons. The van der Waals surface area contributed by atoms with E-state index in [0.717, 1.165) is 30.6 Å². The molecule has 6 nitrogen and oxygen atoms in total. The molecule has 0 bridgehead atoms. The van der Waals surface area contributed by atoms with E-state index in [1.165, 1.54) is 6.07 Å². The molecular weight excluding hydrogens is 270 g/mol. The monoisotopic (exact) mass is 283 g/mol. The van der Waals surface area contributed by atoms with E-state index in [0.29, 0.717) is 5.69 Å². The lowest BCUT2D eigenvalue weighted by atomic mass is 9.93. The minimum absolute atomic E-state index is 0.000800. The molecule has 1 atom stereocenters. The largest absolute Gasteiger partial charge is 0.469 e. The van der Waals surface area contributed by atoms with Crippen LogP contribution in [0.2, 0.25) is 0 Å². The molecule has 0 saturated carbocycles. The van der Waals surface area contributed by atoms with Crippen LogP contribution < -0.4 is 5.32 Å². The predicted octanol–water partition coefficient (Wildman–Crippen LogP) is 3.55. The molecule has 0 spiro atoms. The van der Waals surface area contributed by atoms with Crippen molar-refractivity contribution < 1.29 is 9.34 Å². The zero-order valence-electron chi connectivity index (χ0n) is 11.2. The van der Waals surface area contributed by atoms with E-state index in [1.54, 1.807) is 18.4 Å². The Kier molecular flexibility index (Phi) is 3.32. The fourth-order valence-corrected chi connectivity index (χ4v) is 2.70. The summed E-state index contributed by atoms with van der Waals surface area (Å²) in [6.45, 7) is 0. The maximum absolute atomic E-state index is 11.2. The van der Waals surface area contributed by atoms with E-state index in [9.17, 15) is 10.1 Å². The maximum Gasteiger partial charge on any atom is 0.293 e. The van der Waals surface area contributed by atoms with E-state index in [2.05, 4.69) is 5.32 Å². The number of anilines is 1. The topological polar surface area (TPSA) is 92.1 Å². The second-order valence-electron chi connectivity index (χ2n) is 4.99. The number of rotatable bonds is 3. The van der Waals surface area contributed by atoms with Crippen molar-refractivity contribution in [2.45, 2.75) is 25.3 Å². The number of fused-ring (bicyclic) bond motifs is 1. The molecule has 6 heteroatoms. The molecule has 1 unspecified atom stereocenters. The third-order valence-electron chi connectivity index (χ3n) is 3.71. The third kappa shape index (κ3) is 2.46. The van der Waals surface area contributed by atoms with Crippen molar-refractivity contribution in [3.63, 3.8) is 0 Å². The summed E-state index contributed by atoms with van der Waals surface area (Å²) in [5.74, 6) is 0.940. The summed E-state index contributed by atoms with van der Waals surface area (Å²) in [5.41, 5.74) is 1.68. The minimum atomic E-state index is -0.470. The Labute approximate surface area is 121 Å². The third-order valence-corrected chi connectivity index (χ3v) is 3.71. The Balaban J connectivity index is 1.93. The van der Waals surface area contributed by atoms with E-state index in [-0.39, 0.29) is 17.3 Å². The number of furan rings is 1. The lowest BCUT2D eigenvalue weighted by Gasteiger charge is -2.23. The van der Waals surface area contributed by atoms with E-state index in [4.69, 9.17) is 9.68 Å². The van der Waals surface area contributed by atoms with E-state index >= 15 is 0 Å². The normalized spacial score (nSPS) is 16.8. The van der Waals surface area contributed by atoms with Crippen LogP contribution in [0.5, 0.6) is 0 Å². The Morgan fingerprint density at radius 2 is 2.29 bits per heavy atom. The van der Waals surface area contributed by atoms with Crippen LogP contribution in [0.4, 0.5) is 11.4 Å². The first kappa shape index (κ1) is 13.2. The molecule has 1 aromatic heterocycles. The zero-order chi connectivity index (χ0) is 14.8. The Morgan fingerprint density at radius 1 is 1.43 bits per heavy atom. The van der Waals surface area contributed by atoms with Crippen molar-refractivity contribution in [1.82, 2.24) is 0 Å². The highest BCUT2D eigenvalue weighted by atomic mass is 16.6. The molecule has 21 heavy (non-hydrogen) atoms. The predicted molar refractivity (Wildman–Crippen MR) is 75.8 cm³/mol. The van der Waals surface area contributed by atoms with Crippen LogP contribution in [0.25, 0.3) is 0 Å². The molecule has 1 aliphatic carbocycles. The van der Waals surface area contributed by atoms with Gasteiger partial charge in [-0.15, -0.1) is 0 Å². The van der Waals surface area contributed by atoms with Crippen LogP contribution in [0.1, 0.15) is 35.8 Å². The Morgan fingerprint density at radius 3 is 3.05 bits per heavy atom. The second kappa shape index (κ2) is 5.29. The first-order chi connectivity index (χ1) is 10.2. The molecule has 0 fully saturated rings. The highest BCUT2D eigenvalue weighted by molar-refractivity contribution is 5.65. The van der Waals surface area contributed by atoms with Gasteiger partial charge in [-0.05, 0) is 31.0 Å². The van der Waals surface area contributed by atoms with Gasteiger partial charge in [-0.2, -0.15) is 5.26 Å². The van der Waals surface area contributed by atoms with Gasteiger partial charge in [0.25, 0.3) is 5.69 Å². The molecule has 0 amide bonds. The van der Waals surface area contributed by atoms with Gasteiger partial charge < -0.3 is 9.73 Å². The van der Waals surface area contributed by atoms with Gasteiger partial charge in [0.15, 0.2) is 0 Å². The van der Waals surface area contributed by atoms with Gasteiger partial charge in [0.05, 0.1) is 28.9 Å². The quantitative estimate of drug-likeness (QED) is 0.687. The number of hydrogen-bond acceptors (Lipinski definition) is 5. The SMILES string of the molecule is N#Cc1ccc(NC2CCCc3occc32)c([N+](=O)[O-])c1. The molecule has 1 heterocycles. The smallest absolute Gasteiger partial charge is 0.293 e. The number of nitriles is 1. The summed E-state index contributed by atoms with van der Waals surface area (Å²) < 4.78 is 5.42. The summed E-state index contributed by atoms with van der Waals surface area (Å²) in [7, 11) is 0. The highest BCUT2D eigenvalue weighted by Gasteiger charge is 2.25. The van der Waals surface area contributed by atoms with Crippen molar-refractivity contribution >= 4 is 11.4 Å². The Hall–Kier alpha value is -2.81. The number of benzene rings is 1. The first-order valence-electron chi connectivity index (χ1n) is 6.70. The molecular formula is C15H13N3O3. The average Bonchev–Trinajstić information content (AvgIpc) is 2.97. The van der Waals surface area contributed by atoms with Crippen LogP contribution in [-0.4, -0.2) is 4.92 Å². The fraction of sp³-hybridized carbons (Fsp3) is 0.267. The van der Waals surface area contributed by atoms with Gasteiger partial charge in [0.2, 0.25) is 0 Å². The van der Waals surface area contributed by atoms with Gasteiger partial charge in [-0.1, -0.05) is 0 Å². The van der Waals surface area contributed by atoms with Gasteiger partial charge in [0.1, 0.15) is 11.4 Å². The van der Waals surface area contributed by atoms with Crippen LogP contribution in [0.15, 0.2) is 34.9 Å². The van der Waals surface area contributed by atoms with Crippen molar-refractivity contribution in [2.24, 2.45) is 0 Å². The lowest BCUT2D eigenvalue weighted by Crippen LogP contribution is -2.16. The van der Waals surface area contributed by atoms with Crippen LogP contribution in [0, 0.1) is 21.4 Å². The second-order valence-corrected chi connectivity index (χ2v) is 4.99. The number of hydrogen-bond donors (Lipinski definition) is 1. The maximum atomic E-state index is 11.2. The van der Waals surface area contributed by atoms with Gasteiger partial charge in [-0.3, -0.25) is 10.1 Å². The first-order valence-corrected chi connectivity index (χ1v) is 6.70. The summed E-state index contributed by atoms with van der Waals surface area (Å²) in [6, 6.07) is 8.28. The summed E-state index contributed by atoms with van der Waals surface area (Å²) in [6.07, 6.45) is 4.42. The van der Waals surface area contributed by atoms with Crippen LogP contribution in [0.3, 0.4) is 0 Å². The van der Waals surface area contributed by atoms with E-state index < -0.39 is 4.92 Å². The van der Waals surface area contributed by atoms with Gasteiger partial charge in [-0.25, -0.2) is 0 Å². The molecule has 1 N–H and O–H groups in total. The fourth-order valence-electron chi connectivity index (χ4n) is 2.70. The summed E-state index contributed by atoms with van der Waals surface area (Å²) in [5, 5.41) is 23.2. The van der Waals surface area contributed by atoms with E-state index in [1.807, 2.05) is 12.1 Å². The molecule has 1 aliphatic rings. The molecule has 106 valence electrons. The number of nitrogens with zero attached hydrogens (tertiary/aromatic N) is 2. The number of nitro benzene ring substituents is 1. The standard InChI is InChI=1S/C15H13N3O3/c16-9-10-4-5-13(14(8-10)18(19)20)17-12-2-1-3-15-11(12)6-7-21-15/h4-8,12,17H,1-3H2. The van der Waals surface area contributed by atoms with Crippen LogP contribution >= 0.6 is 0 Å². The van der Waals surface area contributed by atoms with Gasteiger partial charge in [0, 0.05) is 18.1 Å². The van der Waals surface area contributed by atoms with Crippen molar-refractivity contribution in [1.29, 1.82) is 5.26 Å². The molecule has 2 aromatic rings. The van der Waals surface area contributed by atoms with Crippen molar-refractivity contribution in [3.05, 3.63) is 57.5 Å². The number of aryl methyl sites for hydroxylation is 1. The molecule has 3 rings (SSSR count). The van der Waals surface area contributed by atoms with Gasteiger partial charge >= 0.3 is 0 Å². The number of nitro groups is 1. The average molecular weight is 283 g/mol. The minimum Gasteiger partial charge on any atom is -0.469 e. The molecule has 1 aromatic carbocycles. The van der Waals surface area contributed by atoms with Crippen molar-refractivity contribution in [3.8, 4) is 6.07 Å². The van der Waals surface area contributed by atoms with Crippen LogP contribution in [-0.2, 0) is 6.42 Å². The number of nitrogens with one attached hydrogen (secondary N) is 1. The lowest BCUT2D eigenvalue weighted by molar-refractivity contribution is -0.384. The summed E-state index contributed by atoms with van der Waals surface area (Å²) >= 11 is 0. The molecule has 0 saturated heterocycles. The Bertz CT molecular complexity index is 730. The molecule has 0 aliphatic heterocycles. The van der Waals surface area contributed by atoms with Crippen molar-refractivity contribution in [2.75, 3.05) is 5.32 Å². The summed E-state index contributed by atoms with van der Waals surface area (Å²) in [4.78, 5) is 10.7.